The van der Waals surface area contributed by atoms with Crippen molar-refractivity contribution in [3.05, 3.63) is 121 Å². The zero-order valence-corrected chi connectivity index (χ0v) is 54.5. The number of aromatic nitrogens is 9. The molecule has 24 nitrogen and oxygen atoms in total. The van der Waals surface area contributed by atoms with Crippen LogP contribution in [0.15, 0.2) is 104 Å². The molecule has 0 bridgehead atoms. The number of morpholine rings is 3. The molecule has 7 aliphatic rings. The second kappa shape index (κ2) is 32.2. The van der Waals surface area contributed by atoms with Gasteiger partial charge < -0.3 is 59.1 Å². The molecule has 8 heterocycles. The molecule has 4 aliphatic carbocycles. The summed E-state index contributed by atoms with van der Waals surface area (Å²) < 4.78 is 75.4. The number of halogens is 3. The fraction of sp³-hybridized carbons (Fsp3) is 0.479. The van der Waals surface area contributed by atoms with Gasteiger partial charge in [0.2, 0.25) is 0 Å². The Morgan fingerprint density at radius 3 is 1.28 bits per heavy atom. The molecule has 3 aliphatic heterocycles. The van der Waals surface area contributed by atoms with Crippen molar-refractivity contribution in [1.29, 1.82) is 0 Å². The monoisotopic (exact) mass is 1340 g/mol. The lowest BCUT2D eigenvalue weighted by Gasteiger charge is -2.31. The van der Waals surface area contributed by atoms with Crippen LogP contribution in [0.25, 0.3) is 33.1 Å². The Kier molecular flexibility index (Phi) is 22.1. The Morgan fingerprint density at radius 1 is 0.490 bits per heavy atom. The lowest BCUT2D eigenvalue weighted by Crippen LogP contribution is -2.40. The first kappa shape index (κ1) is 67.1. The minimum atomic E-state index is -2.77. The first-order chi connectivity index (χ1) is 48.0. The summed E-state index contributed by atoms with van der Waals surface area (Å²) in [6.45, 7) is 6.47. The maximum Gasteiger partial charge on any atom is 0.333 e. The van der Waals surface area contributed by atoms with E-state index in [1.54, 1.807) is 37.2 Å². The van der Waals surface area contributed by atoms with Gasteiger partial charge in [-0.2, -0.15) is 13.9 Å². The van der Waals surface area contributed by atoms with E-state index in [9.17, 15) is 27.6 Å². The van der Waals surface area contributed by atoms with Crippen LogP contribution in [0.3, 0.4) is 0 Å². The lowest BCUT2D eigenvalue weighted by molar-refractivity contribution is -0.116. The molecule has 7 fully saturated rings. The molecule has 3 saturated heterocycles. The van der Waals surface area contributed by atoms with Crippen molar-refractivity contribution >= 4 is 67.9 Å². The summed E-state index contributed by atoms with van der Waals surface area (Å²) in [5.41, 5.74) is 7.91. The van der Waals surface area contributed by atoms with E-state index in [1.165, 1.54) is 18.3 Å². The third kappa shape index (κ3) is 17.6. The Labute approximate surface area is 565 Å². The number of anilines is 3. The SMILES string of the molecule is O=C(C#CC1CC1)NC1CCC(Oc2cc(N3CCOCC3)cc3nccnc23)CC1.O=C(NC1CCC(Oc2cc(N3CCOCC3)cc3nccnc23)CC1)c1ccn(C(F)F)n1.O=C(NC1CCC(Oc2cc(N3CCOCC3)cc3nccnc23)CC1)c1ccncc1F. The van der Waals surface area contributed by atoms with E-state index >= 15 is 0 Å². The predicted molar refractivity (Wildman–Crippen MR) is 359 cm³/mol. The van der Waals surface area contributed by atoms with Gasteiger partial charge in [0.25, 0.3) is 17.7 Å². The third-order valence-corrected chi connectivity index (χ3v) is 18.6. The summed E-state index contributed by atoms with van der Waals surface area (Å²) >= 11 is 0. The summed E-state index contributed by atoms with van der Waals surface area (Å²) in [6.07, 6.45) is 25.7. The molecule has 3 amide bonds. The lowest BCUT2D eigenvalue weighted by atomic mass is 9.92. The van der Waals surface area contributed by atoms with Gasteiger partial charge in [0.15, 0.2) is 5.82 Å². The van der Waals surface area contributed by atoms with E-state index < -0.39 is 24.2 Å². The molecule has 0 spiro atoms. The number of nitrogens with one attached hydrogen (secondary N) is 3. The van der Waals surface area contributed by atoms with Gasteiger partial charge in [0.05, 0.1) is 86.3 Å². The number of pyridine rings is 1. The number of nitrogens with zero attached hydrogens (tertiary/aromatic N) is 12. The second-order valence-electron chi connectivity index (χ2n) is 25.5. The highest BCUT2D eigenvalue weighted by Gasteiger charge is 2.30. The number of alkyl halides is 2. The molecule has 98 heavy (non-hydrogen) atoms. The van der Waals surface area contributed by atoms with Gasteiger partial charge in [0, 0.05) is 148 Å². The van der Waals surface area contributed by atoms with Crippen molar-refractivity contribution in [1.82, 2.24) is 60.6 Å². The largest absolute Gasteiger partial charge is 0.488 e. The van der Waals surface area contributed by atoms with Gasteiger partial charge in [-0.15, -0.1) is 0 Å². The minimum absolute atomic E-state index is 0.0105. The van der Waals surface area contributed by atoms with E-state index in [-0.39, 0.29) is 53.6 Å². The number of fused-ring (bicyclic) bond motifs is 3. The molecule has 8 aromatic rings. The van der Waals surface area contributed by atoms with Crippen LogP contribution in [-0.4, -0.2) is 178 Å². The number of hydrogen-bond acceptors (Lipinski definition) is 20. The maximum atomic E-state index is 13.8. The number of rotatable bonds is 15. The number of hydrogen-bond donors (Lipinski definition) is 3. The number of carbonyl (C=O) groups is 3. The van der Waals surface area contributed by atoms with Crippen molar-refractivity contribution in [2.45, 2.75) is 133 Å². The Balaban J connectivity index is 0.000000132. The quantitative estimate of drug-likeness (QED) is 0.0809. The molecule has 3 aromatic carbocycles. The Morgan fingerprint density at radius 2 is 0.888 bits per heavy atom. The molecule has 0 atom stereocenters. The van der Waals surface area contributed by atoms with Crippen molar-refractivity contribution in [3.8, 4) is 29.1 Å². The van der Waals surface area contributed by atoms with Gasteiger partial charge in [-0.3, -0.25) is 34.3 Å². The number of amides is 3. The molecular formula is C71H80F3N15O9. The zero-order valence-electron chi connectivity index (χ0n) is 54.5. The van der Waals surface area contributed by atoms with Crippen molar-refractivity contribution in [2.24, 2.45) is 5.92 Å². The van der Waals surface area contributed by atoms with Crippen LogP contribution in [-0.2, 0) is 19.0 Å². The highest BCUT2D eigenvalue weighted by Crippen LogP contribution is 2.37. The highest BCUT2D eigenvalue weighted by atomic mass is 19.3. The van der Waals surface area contributed by atoms with Crippen molar-refractivity contribution in [2.75, 3.05) is 93.6 Å². The molecule has 0 unspecified atom stereocenters. The fourth-order valence-corrected chi connectivity index (χ4v) is 13.1. The summed E-state index contributed by atoms with van der Waals surface area (Å²) in [4.78, 5) is 74.3. The van der Waals surface area contributed by atoms with Crippen LogP contribution in [0.4, 0.5) is 30.2 Å². The molecule has 3 N–H and O–H groups in total. The van der Waals surface area contributed by atoms with Crippen molar-refractivity contribution < 1.29 is 56.0 Å². The summed E-state index contributed by atoms with van der Waals surface area (Å²) in [6, 6.07) is 15.1. The van der Waals surface area contributed by atoms with Crippen molar-refractivity contribution in [3.63, 3.8) is 0 Å². The van der Waals surface area contributed by atoms with Crippen LogP contribution in [0.1, 0.15) is 117 Å². The van der Waals surface area contributed by atoms with E-state index in [1.807, 2.05) is 24.3 Å². The normalized spacial score (nSPS) is 21.9. The van der Waals surface area contributed by atoms with E-state index in [0.717, 1.165) is 216 Å². The Bertz CT molecular complexity index is 4100. The average Bonchev–Trinajstić information content (AvgIpc) is 1.13. The molecule has 4 saturated carbocycles. The third-order valence-electron chi connectivity index (χ3n) is 18.6. The van der Waals surface area contributed by atoms with Gasteiger partial charge in [0.1, 0.15) is 39.5 Å². The highest BCUT2D eigenvalue weighted by molar-refractivity contribution is 5.95. The summed E-state index contributed by atoms with van der Waals surface area (Å²) in [7, 11) is 0. The van der Waals surface area contributed by atoms with Gasteiger partial charge in [-0.25, -0.2) is 24.0 Å². The predicted octanol–water partition coefficient (Wildman–Crippen LogP) is 8.98. The number of carbonyl (C=O) groups excluding carboxylic acids is 3. The molecule has 27 heteroatoms. The second-order valence-corrected chi connectivity index (χ2v) is 25.5. The number of ether oxygens (including phenoxy) is 6. The molecule has 5 aromatic heterocycles. The first-order valence-corrected chi connectivity index (χ1v) is 34.1. The molecule has 15 rings (SSSR count). The first-order valence-electron chi connectivity index (χ1n) is 34.1. The Hall–Kier alpha value is -9.52. The van der Waals surface area contributed by atoms with Gasteiger partial charge in [-0.05, 0) is 126 Å². The fourth-order valence-electron chi connectivity index (χ4n) is 13.1. The number of benzene rings is 3. The van der Waals surface area contributed by atoms with E-state index in [0.29, 0.717) is 42.8 Å². The summed E-state index contributed by atoms with van der Waals surface area (Å²) in [5, 5.41) is 12.5. The van der Waals surface area contributed by atoms with E-state index in [2.05, 4.69) is 94.6 Å². The van der Waals surface area contributed by atoms with Crippen LogP contribution in [0.2, 0.25) is 0 Å². The summed E-state index contributed by atoms with van der Waals surface area (Å²) in [5.74, 6) is 6.83. The van der Waals surface area contributed by atoms with Gasteiger partial charge >= 0.3 is 6.55 Å². The topological polar surface area (TPSA) is 260 Å². The van der Waals surface area contributed by atoms with E-state index in [4.69, 9.17) is 28.4 Å². The molecule has 514 valence electrons. The smallest absolute Gasteiger partial charge is 0.333 e. The standard InChI is InChI=1S/C24H26FN5O3.C24H28N4O3.C23H26F2N6O3/c25-20-15-26-6-5-19(20)24(31)29-16-1-3-18(4-2-16)33-22-14-17(30-9-11-32-12-10-30)13-21-23(22)28-8-7-27-21;29-23(8-3-17-1-2-17)27-18-4-6-20(7-5-18)31-22-16-19(28-11-13-30-14-12-28)15-21-24(22)26-10-9-25-21;24-23(25)31-8-5-18(29-31)22(32)28-15-1-3-17(4-2-15)34-20-14-16(30-9-11-33-12-10-30)13-19-21(20)27-7-6-26-19/h5-8,13-16,18H,1-4,9-12H2,(H,29,31);9-10,15-18,20H,1-2,4-7,11-14H2,(H,27,29);5-8,13-15,17,23H,1-4,9-12H2,(H,28,32). The van der Waals surface area contributed by atoms with Crippen LogP contribution < -0.4 is 44.9 Å². The maximum absolute atomic E-state index is 13.8. The van der Waals surface area contributed by atoms with Crippen LogP contribution in [0.5, 0.6) is 17.2 Å². The van der Waals surface area contributed by atoms with Crippen LogP contribution in [0, 0.1) is 23.6 Å². The minimum Gasteiger partial charge on any atom is -0.488 e. The average molecular weight is 1340 g/mol. The molecular weight excluding hydrogens is 1260 g/mol. The van der Waals surface area contributed by atoms with Gasteiger partial charge in [-0.1, -0.05) is 5.92 Å². The molecule has 0 radical (unpaired) electrons. The zero-order chi connectivity index (χ0) is 67.2. The van der Waals surface area contributed by atoms with Crippen LogP contribution >= 0.6 is 0 Å².